The lowest BCUT2D eigenvalue weighted by atomic mass is 9.97. The van der Waals surface area contributed by atoms with Crippen LogP contribution in [0.4, 0.5) is 0 Å². The fourth-order valence-corrected chi connectivity index (χ4v) is 3.00. The Kier molecular flexibility index (Phi) is 2.83. The summed E-state index contributed by atoms with van der Waals surface area (Å²) in [6.45, 7) is 1.96. The van der Waals surface area contributed by atoms with Crippen LogP contribution in [-0.2, 0) is 0 Å². The molecule has 1 heterocycles. The lowest BCUT2D eigenvalue weighted by Gasteiger charge is -2.09. The predicted octanol–water partition coefficient (Wildman–Crippen LogP) is 4.92. The number of aryl methyl sites for hydroxylation is 1. The van der Waals surface area contributed by atoms with Crippen molar-refractivity contribution in [3.63, 3.8) is 0 Å². The van der Waals surface area contributed by atoms with Gasteiger partial charge in [0.15, 0.2) is 0 Å². The SMILES string of the molecule is Cc1cc(-c2ccccc2)cc2c1c(=O)oc1ccccc12. The van der Waals surface area contributed by atoms with E-state index in [-0.39, 0.29) is 5.63 Å². The summed E-state index contributed by atoms with van der Waals surface area (Å²) in [5.41, 5.74) is 3.55. The summed E-state index contributed by atoms with van der Waals surface area (Å²) in [6, 6.07) is 22.0. The molecule has 0 unspecified atom stereocenters. The first-order chi connectivity index (χ1) is 10.7. The smallest absolute Gasteiger partial charge is 0.344 e. The summed E-state index contributed by atoms with van der Waals surface area (Å²) < 4.78 is 5.45. The van der Waals surface area contributed by atoms with E-state index >= 15 is 0 Å². The van der Waals surface area contributed by atoms with Crippen molar-refractivity contribution in [3.8, 4) is 11.1 Å². The normalized spacial score (nSPS) is 11.1. The monoisotopic (exact) mass is 286 g/mol. The summed E-state index contributed by atoms with van der Waals surface area (Å²) >= 11 is 0. The van der Waals surface area contributed by atoms with Gasteiger partial charge in [-0.1, -0.05) is 54.6 Å². The molecule has 0 radical (unpaired) electrons. The van der Waals surface area contributed by atoms with E-state index in [0.717, 1.165) is 27.5 Å². The summed E-state index contributed by atoms with van der Waals surface area (Å²) in [7, 11) is 0. The maximum atomic E-state index is 12.3. The zero-order chi connectivity index (χ0) is 15.1. The molecule has 106 valence electrons. The van der Waals surface area contributed by atoms with Crippen LogP contribution in [0.15, 0.2) is 75.9 Å². The topological polar surface area (TPSA) is 30.2 Å². The van der Waals surface area contributed by atoms with Crippen LogP contribution in [0, 0.1) is 6.92 Å². The average molecular weight is 286 g/mol. The molecule has 4 aromatic rings. The van der Waals surface area contributed by atoms with Crippen molar-refractivity contribution in [1.29, 1.82) is 0 Å². The molecule has 0 spiro atoms. The van der Waals surface area contributed by atoms with Gasteiger partial charge in [-0.3, -0.25) is 0 Å². The Morgan fingerprint density at radius 3 is 2.32 bits per heavy atom. The van der Waals surface area contributed by atoms with Gasteiger partial charge in [0.05, 0.1) is 5.39 Å². The van der Waals surface area contributed by atoms with E-state index in [9.17, 15) is 4.79 Å². The summed E-state index contributed by atoms with van der Waals surface area (Å²) in [4.78, 5) is 12.3. The van der Waals surface area contributed by atoms with E-state index in [4.69, 9.17) is 4.42 Å². The van der Waals surface area contributed by atoms with Crippen LogP contribution < -0.4 is 5.63 Å². The third-order valence-corrected chi connectivity index (χ3v) is 4.03. The summed E-state index contributed by atoms with van der Waals surface area (Å²) in [6.07, 6.45) is 0. The van der Waals surface area contributed by atoms with Crippen LogP contribution in [0.5, 0.6) is 0 Å². The fourth-order valence-electron chi connectivity index (χ4n) is 3.00. The van der Waals surface area contributed by atoms with Gasteiger partial charge in [-0.15, -0.1) is 0 Å². The standard InChI is InChI=1S/C20H14O2/c1-13-11-15(14-7-3-2-4-8-14)12-17-16-9-5-6-10-18(16)22-20(21)19(13)17/h2-12H,1H3. The Bertz CT molecular complexity index is 1040. The molecule has 1 aromatic heterocycles. The van der Waals surface area contributed by atoms with Gasteiger partial charge in [-0.2, -0.15) is 0 Å². The third-order valence-electron chi connectivity index (χ3n) is 4.03. The van der Waals surface area contributed by atoms with E-state index < -0.39 is 0 Å². The predicted molar refractivity (Wildman–Crippen MR) is 90.2 cm³/mol. The molecule has 0 aliphatic carbocycles. The first-order valence-electron chi connectivity index (χ1n) is 7.26. The quantitative estimate of drug-likeness (QED) is 0.367. The fraction of sp³-hybridized carbons (Fsp3) is 0.0500. The second-order valence-corrected chi connectivity index (χ2v) is 5.47. The molecule has 4 rings (SSSR count). The highest BCUT2D eigenvalue weighted by molar-refractivity contribution is 6.06. The number of hydrogen-bond acceptors (Lipinski definition) is 2. The molecular weight excluding hydrogens is 272 g/mol. The highest BCUT2D eigenvalue weighted by Gasteiger charge is 2.11. The van der Waals surface area contributed by atoms with Crippen LogP contribution in [0.1, 0.15) is 5.56 Å². The van der Waals surface area contributed by atoms with Gasteiger partial charge in [0.1, 0.15) is 5.58 Å². The minimum absolute atomic E-state index is 0.272. The lowest BCUT2D eigenvalue weighted by Crippen LogP contribution is -2.02. The first-order valence-corrected chi connectivity index (χ1v) is 7.26. The highest BCUT2D eigenvalue weighted by atomic mass is 16.4. The largest absolute Gasteiger partial charge is 0.422 e. The molecule has 0 fully saturated rings. The van der Waals surface area contributed by atoms with Crippen molar-refractivity contribution in [3.05, 3.63) is 82.7 Å². The van der Waals surface area contributed by atoms with Gasteiger partial charge in [-0.05, 0) is 35.7 Å². The number of benzene rings is 3. The molecule has 22 heavy (non-hydrogen) atoms. The van der Waals surface area contributed by atoms with Crippen molar-refractivity contribution < 1.29 is 4.42 Å². The second kappa shape index (κ2) is 4.85. The van der Waals surface area contributed by atoms with Crippen LogP contribution >= 0.6 is 0 Å². The van der Waals surface area contributed by atoms with Gasteiger partial charge in [-0.25, -0.2) is 4.79 Å². The molecule has 3 aromatic carbocycles. The third kappa shape index (κ3) is 1.92. The van der Waals surface area contributed by atoms with Crippen molar-refractivity contribution in [2.24, 2.45) is 0 Å². The number of para-hydroxylation sites is 1. The Morgan fingerprint density at radius 2 is 1.50 bits per heavy atom. The van der Waals surface area contributed by atoms with Gasteiger partial charge in [0.2, 0.25) is 0 Å². The minimum Gasteiger partial charge on any atom is -0.422 e. The van der Waals surface area contributed by atoms with Crippen LogP contribution in [0.3, 0.4) is 0 Å². The molecule has 0 saturated carbocycles. The molecule has 0 atom stereocenters. The van der Waals surface area contributed by atoms with Gasteiger partial charge in [0.25, 0.3) is 0 Å². The van der Waals surface area contributed by atoms with E-state index in [1.807, 2.05) is 55.5 Å². The van der Waals surface area contributed by atoms with Crippen molar-refractivity contribution in [1.82, 2.24) is 0 Å². The number of fused-ring (bicyclic) bond motifs is 3. The molecular formula is C20H14O2. The van der Waals surface area contributed by atoms with E-state index in [0.29, 0.717) is 11.0 Å². The maximum absolute atomic E-state index is 12.3. The highest BCUT2D eigenvalue weighted by Crippen LogP contribution is 2.30. The molecule has 2 nitrogen and oxygen atoms in total. The van der Waals surface area contributed by atoms with Crippen LogP contribution in [0.2, 0.25) is 0 Å². The summed E-state index contributed by atoms with van der Waals surface area (Å²) in [5.74, 6) is 0. The second-order valence-electron chi connectivity index (χ2n) is 5.47. The zero-order valence-corrected chi connectivity index (χ0v) is 12.2. The minimum atomic E-state index is -0.272. The Hall–Kier alpha value is -2.87. The van der Waals surface area contributed by atoms with Crippen LogP contribution in [-0.4, -0.2) is 0 Å². The molecule has 0 bridgehead atoms. The van der Waals surface area contributed by atoms with E-state index in [2.05, 4.69) is 18.2 Å². The Labute approximate surface area is 127 Å². The average Bonchev–Trinajstić information content (AvgIpc) is 2.55. The van der Waals surface area contributed by atoms with E-state index in [1.54, 1.807) is 0 Å². The van der Waals surface area contributed by atoms with Crippen molar-refractivity contribution in [2.45, 2.75) is 6.92 Å². The van der Waals surface area contributed by atoms with Crippen LogP contribution in [0.25, 0.3) is 32.9 Å². The molecule has 0 aliphatic heterocycles. The molecule has 0 aliphatic rings. The summed E-state index contributed by atoms with van der Waals surface area (Å²) in [5, 5.41) is 2.59. The van der Waals surface area contributed by atoms with Gasteiger partial charge < -0.3 is 4.42 Å². The molecule has 0 saturated heterocycles. The number of rotatable bonds is 1. The van der Waals surface area contributed by atoms with E-state index in [1.165, 1.54) is 0 Å². The Balaban J connectivity index is 2.17. The lowest BCUT2D eigenvalue weighted by molar-refractivity contribution is 0.569. The van der Waals surface area contributed by atoms with Crippen molar-refractivity contribution >= 4 is 21.7 Å². The zero-order valence-electron chi connectivity index (χ0n) is 12.2. The first kappa shape index (κ1) is 12.8. The van der Waals surface area contributed by atoms with Crippen molar-refractivity contribution in [2.75, 3.05) is 0 Å². The number of hydrogen-bond donors (Lipinski definition) is 0. The maximum Gasteiger partial charge on any atom is 0.344 e. The van der Waals surface area contributed by atoms with Gasteiger partial charge >= 0.3 is 5.63 Å². The molecule has 2 heteroatoms. The Morgan fingerprint density at radius 1 is 0.773 bits per heavy atom. The molecule has 0 N–H and O–H groups in total. The molecule has 0 amide bonds. The van der Waals surface area contributed by atoms with Gasteiger partial charge in [0, 0.05) is 10.8 Å².